The largest absolute Gasteiger partial charge is 0.478 e. The minimum atomic E-state index is -1.13. The summed E-state index contributed by atoms with van der Waals surface area (Å²) in [7, 11) is 0. The Hall–Kier alpha value is -2.25. The number of benzene rings is 1. The second kappa shape index (κ2) is 8.22. The van der Waals surface area contributed by atoms with E-state index in [1.807, 2.05) is 30.0 Å². The van der Waals surface area contributed by atoms with Crippen LogP contribution >= 0.6 is 11.8 Å². The maximum atomic E-state index is 12.1. The molecule has 0 spiro atoms. The van der Waals surface area contributed by atoms with Crippen LogP contribution < -0.4 is 5.32 Å². The molecule has 1 aliphatic heterocycles. The van der Waals surface area contributed by atoms with Crippen molar-refractivity contribution in [2.45, 2.75) is 23.8 Å². The first kappa shape index (κ1) is 17.6. The molecule has 1 aliphatic rings. The number of carboxylic acids is 1. The van der Waals surface area contributed by atoms with Gasteiger partial charge in [-0.1, -0.05) is 12.1 Å². The lowest BCUT2D eigenvalue weighted by atomic mass is 10.2. The molecule has 25 heavy (non-hydrogen) atoms. The van der Waals surface area contributed by atoms with E-state index in [9.17, 15) is 9.59 Å². The predicted molar refractivity (Wildman–Crippen MR) is 95.2 cm³/mol. The smallest absolute Gasteiger partial charge is 0.338 e. The zero-order chi connectivity index (χ0) is 17.6. The van der Waals surface area contributed by atoms with Crippen molar-refractivity contribution in [3.8, 4) is 0 Å². The van der Waals surface area contributed by atoms with Crippen molar-refractivity contribution in [3.05, 3.63) is 53.5 Å². The molecule has 0 aliphatic carbocycles. The number of aromatic carboxylic acids is 1. The molecule has 0 bridgehead atoms. The van der Waals surface area contributed by atoms with Crippen molar-refractivity contribution in [2.75, 3.05) is 18.5 Å². The van der Waals surface area contributed by atoms with E-state index in [-0.39, 0.29) is 11.3 Å². The molecule has 1 aromatic carbocycles. The van der Waals surface area contributed by atoms with Crippen LogP contribution in [0.4, 0.5) is 5.69 Å². The molecule has 0 unspecified atom stereocenters. The molecule has 0 saturated carbocycles. The van der Waals surface area contributed by atoms with Gasteiger partial charge < -0.3 is 19.6 Å². The average Bonchev–Trinajstić information content (AvgIpc) is 3.12. The van der Waals surface area contributed by atoms with Crippen LogP contribution in [0.3, 0.4) is 0 Å². The molecule has 2 aromatic rings. The molecule has 2 heterocycles. The number of furan rings is 1. The second-order valence-corrected chi connectivity index (χ2v) is 7.07. The molecular formula is C18H19NO5S. The van der Waals surface area contributed by atoms with E-state index >= 15 is 0 Å². The average molecular weight is 361 g/mol. The van der Waals surface area contributed by atoms with Gasteiger partial charge in [-0.2, -0.15) is 11.8 Å². The van der Waals surface area contributed by atoms with Crippen LogP contribution in [0.1, 0.15) is 39.3 Å². The fourth-order valence-corrected chi connectivity index (χ4v) is 3.69. The van der Waals surface area contributed by atoms with E-state index in [0.29, 0.717) is 10.9 Å². The number of rotatable bonds is 6. The summed E-state index contributed by atoms with van der Waals surface area (Å²) in [6.07, 6.45) is 3.20. The summed E-state index contributed by atoms with van der Waals surface area (Å²) in [6, 6.07) is 8.84. The summed E-state index contributed by atoms with van der Waals surface area (Å²) < 4.78 is 10.4. The summed E-state index contributed by atoms with van der Waals surface area (Å²) >= 11 is 1.90. The van der Waals surface area contributed by atoms with Crippen molar-refractivity contribution >= 4 is 29.3 Å². The normalized spacial score (nSPS) is 15.0. The van der Waals surface area contributed by atoms with Gasteiger partial charge in [-0.3, -0.25) is 4.79 Å². The van der Waals surface area contributed by atoms with Gasteiger partial charge in [-0.15, -0.1) is 0 Å². The molecule has 0 radical (unpaired) electrons. The van der Waals surface area contributed by atoms with Gasteiger partial charge in [0.15, 0.2) is 5.76 Å². The van der Waals surface area contributed by atoms with Crippen LogP contribution in [-0.4, -0.2) is 35.4 Å². The molecule has 1 aromatic heterocycles. The minimum absolute atomic E-state index is 0.0283. The highest BCUT2D eigenvalue weighted by atomic mass is 32.2. The molecule has 6 nitrogen and oxygen atoms in total. The highest BCUT2D eigenvalue weighted by Gasteiger charge is 2.16. The van der Waals surface area contributed by atoms with Crippen molar-refractivity contribution in [1.82, 2.24) is 0 Å². The van der Waals surface area contributed by atoms with Crippen molar-refractivity contribution in [3.63, 3.8) is 0 Å². The van der Waals surface area contributed by atoms with Gasteiger partial charge in [-0.25, -0.2) is 4.79 Å². The third-order valence-corrected chi connectivity index (χ3v) is 5.35. The van der Waals surface area contributed by atoms with Gasteiger partial charge >= 0.3 is 5.97 Å². The van der Waals surface area contributed by atoms with Gasteiger partial charge in [0.2, 0.25) is 0 Å². The zero-order valence-electron chi connectivity index (χ0n) is 13.6. The number of nitrogens with one attached hydrogen (secondary N) is 1. The number of anilines is 1. The first-order valence-electron chi connectivity index (χ1n) is 8.03. The minimum Gasteiger partial charge on any atom is -0.478 e. The van der Waals surface area contributed by atoms with Gasteiger partial charge in [-0.05, 0) is 30.5 Å². The summed E-state index contributed by atoms with van der Waals surface area (Å²) in [4.78, 5) is 23.0. The standard InChI is InChI=1S/C18H19NO5S/c20-17(16-9-13(10-24-16)18(21)22)19-14-3-1-2-12(8-14)11-25-15-4-6-23-7-5-15/h1-3,8-10,15H,4-7,11H2,(H,19,20)(H,21,22). The van der Waals surface area contributed by atoms with E-state index in [2.05, 4.69) is 5.32 Å². The topological polar surface area (TPSA) is 88.8 Å². The number of carbonyl (C=O) groups is 2. The quantitative estimate of drug-likeness (QED) is 0.816. The number of hydrogen-bond donors (Lipinski definition) is 2. The number of ether oxygens (including phenoxy) is 1. The Morgan fingerprint density at radius 2 is 2.04 bits per heavy atom. The Balaban J connectivity index is 1.58. The number of amides is 1. The third-order valence-electron chi connectivity index (χ3n) is 3.91. The molecule has 1 saturated heterocycles. The Labute approximate surface area is 149 Å². The van der Waals surface area contributed by atoms with Crippen LogP contribution in [0.25, 0.3) is 0 Å². The van der Waals surface area contributed by atoms with Crippen molar-refractivity contribution in [2.24, 2.45) is 0 Å². The maximum absolute atomic E-state index is 12.1. The lowest BCUT2D eigenvalue weighted by Crippen LogP contribution is -2.17. The second-order valence-electron chi connectivity index (χ2n) is 5.78. The Kier molecular flexibility index (Phi) is 5.78. The first-order chi connectivity index (χ1) is 12.1. The van der Waals surface area contributed by atoms with E-state index < -0.39 is 11.9 Å². The molecule has 0 atom stereocenters. The lowest BCUT2D eigenvalue weighted by Gasteiger charge is -2.21. The molecule has 3 rings (SSSR count). The maximum Gasteiger partial charge on any atom is 0.338 e. The molecule has 2 N–H and O–H groups in total. The summed E-state index contributed by atoms with van der Waals surface area (Å²) in [5.41, 5.74) is 1.73. The summed E-state index contributed by atoms with van der Waals surface area (Å²) in [6.45, 7) is 1.66. The molecule has 1 fully saturated rings. The Morgan fingerprint density at radius 1 is 1.24 bits per heavy atom. The van der Waals surface area contributed by atoms with E-state index in [4.69, 9.17) is 14.3 Å². The van der Waals surface area contributed by atoms with Gasteiger partial charge in [0.05, 0.1) is 5.56 Å². The fourth-order valence-electron chi connectivity index (χ4n) is 2.56. The monoisotopic (exact) mass is 361 g/mol. The third kappa shape index (κ3) is 4.87. The molecule has 1 amide bonds. The van der Waals surface area contributed by atoms with E-state index in [1.54, 1.807) is 6.07 Å². The number of carbonyl (C=O) groups excluding carboxylic acids is 1. The van der Waals surface area contributed by atoms with Crippen LogP contribution in [0.5, 0.6) is 0 Å². The zero-order valence-corrected chi connectivity index (χ0v) is 14.4. The van der Waals surface area contributed by atoms with E-state index in [0.717, 1.165) is 43.6 Å². The van der Waals surface area contributed by atoms with Gasteiger partial charge in [0, 0.05) is 36.0 Å². The van der Waals surface area contributed by atoms with E-state index in [1.165, 1.54) is 6.07 Å². The Morgan fingerprint density at radius 3 is 2.76 bits per heavy atom. The molecule has 132 valence electrons. The van der Waals surface area contributed by atoms with Crippen LogP contribution in [0.15, 0.2) is 41.0 Å². The lowest BCUT2D eigenvalue weighted by molar-refractivity contribution is 0.0696. The highest BCUT2D eigenvalue weighted by molar-refractivity contribution is 7.99. The van der Waals surface area contributed by atoms with Crippen LogP contribution in [-0.2, 0) is 10.5 Å². The highest BCUT2D eigenvalue weighted by Crippen LogP contribution is 2.26. The molecule has 7 heteroatoms. The van der Waals surface area contributed by atoms with Gasteiger partial charge in [0.1, 0.15) is 6.26 Å². The fraction of sp³-hybridized carbons (Fsp3) is 0.333. The van der Waals surface area contributed by atoms with Gasteiger partial charge in [0.25, 0.3) is 5.91 Å². The van der Waals surface area contributed by atoms with Crippen molar-refractivity contribution < 1.29 is 23.8 Å². The number of carboxylic acid groups (broad SMARTS) is 1. The SMILES string of the molecule is O=C(O)c1coc(C(=O)Nc2cccc(CSC3CCOCC3)c2)c1. The number of thioether (sulfide) groups is 1. The van der Waals surface area contributed by atoms with Crippen LogP contribution in [0, 0.1) is 0 Å². The predicted octanol–water partition coefficient (Wildman–Crippen LogP) is 3.64. The first-order valence-corrected chi connectivity index (χ1v) is 9.08. The summed E-state index contributed by atoms with van der Waals surface area (Å²) in [5.74, 6) is -0.755. The molecular weight excluding hydrogens is 342 g/mol. The Bertz CT molecular complexity index is 751. The van der Waals surface area contributed by atoms with Crippen molar-refractivity contribution in [1.29, 1.82) is 0 Å². The summed E-state index contributed by atoms with van der Waals surface area (Å²) in [5, 5.41) is 12.2. The van der Waals surface area contributed by atoms with Crippen LogP contribution in [0.2, 0.25) is 0 Å². The number of hydrogen-bond acceptors (Lipinski definition) is 5.